The number of aliphatic hydroxyl groups excluding tert-OH is 1. The zero-order valence-electron chi connectivity index (χ0n) is 11.3. The van der Waals surface area contributed by atoms with Gasteiger partial charge in [0.2, 0.25) is 0 Å². The third kappa shape index (κ3) is 4.68. The van der Waals surface area contributed by atoms with Gasteiger partial charge >= 0.3 is 0 Å². The SMILES string of the molecule is C=C1N/C(=C/C(N)=C\C#CC)CN1CC(C)(F)CO. The summed E-state index contributed by atoms with van der Waals surface area (Å²) in [6.07, 6.45) is 3.34. The standard InChI is InChI=1S/C14H20FN3O/c1-4-5-6-12(16)7-13-8-18(11(2)17-13)9-14(3,15)10-19/h6-7,17,19H,2,8-10,16H2,1,3H3/b12-6+,13-7+. The van der Waals surface area contributed by atoms with Crippen LogP contribution in [0.5, 0.6) is 0 Å². The van der Waals surface area contributed by atoms with E-state index in [0.29, 0.717) is 18.1 Å². The number of allylic oxidation sites excluding steroid dienone is 2. The minimum absolute atomic E-state index is 0.0745. The number of nitrogens with zero attached hydrogens (tertiary/aromatic N) is 1. The van der Waals surface area contributed by atoms with Crippen molar-refractivity contribution in [2.45, 2.75) is 19.5 Å². The molecule has 1 aliphatic rings. The van der Waals surface area contributed by atoms with E-state index in [4.69, 9.17) is 10.8 Å². The van der Waals surface area contributed by atoms with Crippen LogP contribution < -0.4 is 11.1 Å². The van der Waals surface area contributed by atoms with Crippen LogP contribution in [0.15, 0.2) is 35.9 Å². The number of hydrogen-bond acceptors (Lipinski definition) is 4. The van der Waals surface area contributed by atoms with Gasteiger partial charge in [0, 0.05) is 17.5 Å². The van der Waals surface area contributed by atoms with Gasteiger partial charge in [-0.15, -0.1) is 5.92 Å². The van der Waals surface area contributed by atoms with Gasteiger partial charge in [0.25, 0.3) is 0 Å². The van der Waals surface area contributed by atoms with Crippen molar-refractivity contribution >= 4 is 0 Å². The molecule has 0 radical (unpaired) electrons. The summed E-state index contributed by atoms with van der Waals surface area (Å²) in [5, 5.41) is 12.0. The van der Waals surface area contributed by atoms with E-state index in [9.17, 15) is 4.39 Å². The highest BCUT2D eigenvalue weighted by molar-refractivity contribution is 5.31. The summed E-state index contributed by atoms with van der Waals surface area (Å²) in [5.74, 6) is 6.07. The molecule has 1 unspecified atom stereocenters. The van der Waals surface area contributed by atoms with Gasteiger partial charge in [-0.1, -0.05) is 12.5 Å². The molecule has 4 N–H and O–H groups in total. The lowest BCUT2D eigenvalue weighted by Gasteiger charge is -2.25. The molecule has 1 saturated heterocycles. The molecule has 0 saturated carbocycles. The topological polar surface area (TPSA) is 61.5 Å². The molecule has 0 aromatic rings. The molecule has 0 spiro atoms. The molecule has 0 aromatic carbocycles. The van der Waals surface area contributed by atoms with Crippen molar-refractivity contribution in [1.29, 1.82) is 0 Å². The number of nitrogens with two attached hydrogens (primary N) is 1. The van der Waals surface area contributed by atoms with Crippen LogP contribution in [-0.2, 0) is 0 Å². The lowest BCUT2D eigenvalue weighted by atomic mass is 10.1. The fourth-order valence-corrected chi connectivity index (χ4v) is 1.68. The van der Waals surface area contributed by atoms with Gasteiger partial charge in [-0.05, 0) is 19.9 Å². The molecular formula is C14H20FN3O. The van der Waals surface area contributed by atoms with Crippen molar-refractivity contribution in [2.24, 2.45) is 5.73 Å². The minimum Gasteiger partial charge on any atom is -0.398 e. The van der Waals surface area contributed by atoms with Crippen molar-refractivity contribution in [2.75, 3.05) is 19.7 Å². The summed E-state index contributed by atoms with van der Waals surface area (Å²) in [5.41, 5.74) is 5.46. The van der Waals surface area contributed by atoms with Gasteiger partial charge < -0.3 is 21.1 Å². The Morgan fingerprint density at radius 3 is 3.00 bits per heavy atom. The molecule has 1 rings (SSSR count). The zero-order chi connectivity index (χ0) is 14.5. The quantitative estimate of drug-likeness (QED) is 0.659. The van der Waals surface area contributed by atoms with Crippen LogP contribution in [0.4, 0.5) is 4.39 Å². The van der Waals surface area contributed by atoms with E-state index in [-0.39, 0.29) is 6.54 Å². The van der Waals surface area contributed by atoms with Crippen LogP contribution in [0.1, 0.15) is 13.8 Å². The maximum absolute atomic E-state index is 13.8. The molecule has 0 amide bonds. The van der Waals surface area contributed by atoms with Crippen LogP contribution in [-0.4, -0.2) is 35.4 Å². The average Bonchev–Trinajstić information content (AvgIpc) is 2.66. The minimum atomic E-state index is -1.66. The molecule has 19 heavy (non-hydrogen) atoms. The summed E-state index contributed by atoms with van der Waals surface area (Å²) in [7, 11) is 0. The normalized spacial score (nSPS) is 20.8. The van der Waals surface area contributed by atoms with Crippen LogP contribution in [0.25, 0.3) is 0 Å². The number of alkyl halides is 1. The highest BCUT2D eigenvalue weighted by atomic mass is 19.1. The fraction of sp³-hybridized carbons (Fsp3) is 0.429. The Bertz CT molecular complexity index is 469. The lowest BCUT2D eigenvalue weighted by Crippen LogP contribution is -2.38. The smallest absolute Gasteiger partial charge is 0.148 e. The maximum Gasteiger partial charge on any atom is 0.148 e. The molecule has 0 bridgehead atoms. The Labute approximate surface area is 113 Å². The highest BCUT2D eigenvalue weighted by Crippen LogP contribution is 2.19. The van der Waals surface area contributed by atoms with Crippen LogP contribution in [0, 0.1) is 11.8 Å². The molecule has 0 aromatic heterocycles. The van der Waals surface area contributed by atoms with Gasteiger partial charge in [0.05, 0.1) is 25.5 Å². The third-order valence-corrected chi connectivity index (χ3v) is 2.62. The predicted molar refractivity (Wildman–Crippen MR) is 74.3 cm³/mol. The molecule has 4 nitrogen and oxygen atoms in total. The first-order valence-corrected chi connectivity index (χ1v) is 5.97. The van der Waals surface area contributed by atoms with Gasteiger partial charge in [0.1, 0.15) is 5.67 Å². The van der Waals surface area contributed by atoms with Gasteiger partial charge in [-0.3, -0.25) is 0 Å². The second-order valence-electron chi connectivity index (χ2n) is 4.71. The number of aliphatic hydroxyl groups is 1. The number of halogens is 1. The number of rotatable bonds is 4. The van der Waals surface area contributed by atoms with Crippen LogP contribution >= 0.6 is 0 Å². The Kier molecular flexibility index (Phi) is 5.02. The number of nitrogens with one attached hydrogen (secondary N) is 1. The monoisotopic (exact) mass is 265 g/mol. The van der Waals surface area contributed by atoms with E-state index in [1.54, 1.807) is 24.0 Å². The van der Waals surface area contributed by atoms with Crippen LogP contribution in [0.3, 0.4) is 0 Å². The molecule has 1 fully saturated rings. The van der Waals surface area contributed by atoms with Crippen molar-refractivity contribution in [3.05, 3.63) is 35.9 Å². The highest BCUT2D eigenvalue weighted by Gasteiger charge is 2.29. The molecule has 1 atom stereocenters. The van der Waals surface area contributed by atoms with Crippen LogP contribution in [0.2, 0.25) is 0 Å². The van der Waals surface area contributed by atoms with E-state index in [1.165, 1.54) is 6.92 Å². The molecule has 0 aliphatic carbocycles. The Morgan fingerprint density at radius 1 is 1.74 bits per heavy atom. The molecule has 104 valence electrons. The Hall–Kier alpha value is -1.93. The molecule has 5 heteroatoms. The number of hydrogen-bond donors (Lipinski definition) is 3. The third-order valence-electron chi connectivity index (χ3n) is 2.62. The van der Waals surface area contributed by atoms with Gasteiger partial charge in [-0.25, -0.2) is 4.39 Å². The van der Waals surface area contributed by atoms with E-state index in [2.05, 4.69) is 23.7 Å². The van der Waals surface area contributed by atoms with Crippen molar-refractivity contribution in [3.8, 4) is 11.8 Å². The summed E-state index contributed by atoms with van der Waals surface area (Å²) in [4.78, 5) is 1.72. The summed E-state index contributed by atoms with van der Waals surface area (Å²) < 4.78 is 13.8. The average molecular weight is 265 g/mol. The zero-order valence-corrected chi connectivity index (χ0v) is 11.3. The molecular weight excluding hydrogens is 245 g/mol. The van der Waals surface area contributed by atoms with E-state index in [0.717, 1.165) is 5.70 Å². The second kappa shape index (κ2) is 6.30. The van der Waals surface area contributed by atoms with E-state index >= 15 is 0 Å². The fourth-order valence-electron chi connectivity index (χ4n) is 1.68. The van der Waals surface area contributed by atoms with E-state index < -0.39 is 12.3 Å². The van der Waals surface area contributed by atoms with Crippen molar-refractivity contribution < 1.29 is 9.50 Å². The summed E-state index contributed by atoms with van der Waals surface area (Å²) in [6.45, 7) is 6.92. The summed E-state index contributed by atoms with van der Waals surface area (Å²) in [6, 6.07) is 0. The first-order valence-electron chi connectivity index (χ1n) is 5.97. The predicted octanol–water partition coefficient (Wildman–Crippen LogP) is 0.833. The van der Waals surface area contributed by atoms with Gasteiger partial charge in [-0.2, -0.15) is 0 Å². The maximum atomic E-state index is 13.8. The molecule has 1 aliphatic heterocycles. The lowest BCUT2D eigenvalue weighted by molar-refractivity contribution is 0.0624. The molecule has 1 heterocycles. The first kappa shape index (κ1) is 15.1. The van der Waals surface area contributed by atoms with E-state index in [1.807, 2.05) is 0 Å². The Morgan fingerprint density at radius 2 is 2.42 bits per heavy atom. The second-order valence-corrected chi connectivity index (χ2v) is 4.71. The van der Waals surface area contributed by atoms with Crippen molar-refractivity contribution in [3.63, 3.8) is 0 Å². The van der Waals surface area contributed by atoms with Crippen molar-refractivity contribution in [1.82, 2.24) is 10.2 Å². The largest absolute Gasteiger partial charge is 0.398 e. The van der Waals surface area contributed by atoms with Gasteiger partial charge in [0.15, 0.2) is 0 Å². The first-order chi connectivity index (χ1) is 8.88. The summed E-state index contributed by atoms with van der Waals surface area (Å²) >= 11 is 0. The Balaban J connectivity index is 2.71.